The number of halogens is 1. The lowest BCUT2D eigenvalue weighted by molar-refractivity contribution is 0.412. The second-order valence-corrected chi connectivity index (χ2v) is 5.25. The summed E-state index contributed by atoms with van der Waals surface area (Å²) >= 11 is 3.46. The quantitative estimate of drug-likeness (QED) is 0.875. The van der Waals surface area contributed by atoms with Crippen LogP contribution in [0, 0.1) is 0 Å². The number of nitrogens with one attached hydrogen (secondary N) is 1. The van der Waals surface area contributed by atoms with Crippen molar-refractivity contribution in [1.29, 1.82) is 0 Å². The van der Waals surface area contributed by atoms with Gasteiger partial charge in [-0.3, -0.25) is 0 Å². The first-order valence-corrected chi connectivity index (χ1v) is 6.09. The van der Waals surface area contributed by atoms with Crippen molar-refractivity contribution in [2.75, 3.05) is 19.0 Å². The molecule has 0 aliphatic carbocycles. The molecule has 0 aliphatic heterocycles. The summed E-state index contributed by atoms with van der Waals surface area (Å²) in [5.41, 5.74) is 6.64. The van der Waals surface area contributed by atoms with Crippen molar-refractivity contribution < 1.29 is 4.74 Å². The summed E-state index contributed by atoms with van der Waals surface area (Å²) in [6, 6.07) is 5.95. The Morgan fingerprint density at radius 3 is 2.62 bits per heavy atom. The van der Waals surface area contributed by atoms with Crippen LogP contribution in [0.3, 0.4) is 0 Å². The summed E-state index contributed by atoms with van der Waals surface area (Å²) in [4.78, 5) is 0. The van der Waals surface area contributed by atoms with E-state index in [4.69, 9.17) is 10.5 Å². The van der Waals surface area contributed by atoms with E-state index >= 15 is 0 Å². The van der Waals surface area contributed by atoms with Crippen LogP contribution >= 0.6 is 15.9 Å². The molecule has 0 saturated heterocycles. The highest BCUT2D eigenvalue weighted by atomic mass is 79.9. The molecule has 0 radical (unpaired) electrons. The zero-order valence-corrected chi connectivity index (χ0v) is 11.6. The fourth-order valence-corrected chi connectivity index (χ4v) is 2.10. The van der Waals surface area contributed by atoms with Gasteiger partial charge in [0.1, 0.15) is 5.75 Å². The van der Waals surface area contributed by atoms with Crippen molar-refractivity contribution in [2.45, 2.75) is 25.8 Å². The van der Waals surface area contributed by atoms with E-state index in [1.165, 1.54) is 0 Å². The van der Waals surface area contributed by atoms with E-state index in [1.807, 2.05) is 18.2 Å². The van der Waals surface area contributed by atoms with Gasteiger partial charge in [-0.2, -0.15) is 0 Å². The number of anilines is 1. The van der Waals surface area contributed by atoms with Crippen molar-refractivity contribution in [2.24, 2.45) is 5.73 Å². The minimum Gasteiger partial charge on any atom is -0.496 e. The van der Waals surface area contributed by atoms with Gasteiger partial charge in [-0.25, -0.2) is 0 Å². The first-order chi connectivity index (χ1) is 7.48. The van der Waals surface area contributed by atoms with Crippen LogP contribution in [0.15, 0.2) is 22.7 Å². The van der Waals surface area contributed by atoms with Crippen LogP contribution in [0.2, 0.25) is 0 Å². The van der Waals surface area contributed by atoms with Crippen LogP contribution in [0.5, 0.6) is 5.75 Å². The third-order valence-electron chi connectivity index (χ3n) is 2.40. The SMILES string of the molecule is COc1ccc(NC(C)(C)CCN)cc1Br. The second kappa shape index (κ2) is 5.55. The highest BCUT2D eigenvalue weighted by molar-refractivity contribution is 9.10. The fourth-order valence-electron chi connectivity index (χ4n) is 1.56. The molecule has 0 fully saturated rings. The normalized spacial score (nSPS) is 11.3. The smallest absolute Gasteiger partial charge is 0.133 e. The Morgan fingerprint density at radius 1 is 1.44 bits per heavy atom. The Morgan fingerprint density at radius 2 is 2.12 bits per heavy atom. The molecule has 0 atom stereocenters. The highest BCUT2D eigenvalue weighted by Gasteiger charge is 2.16. The number of ether oxygens (including phenoxy) is 1. The van der Waals surface area contributed by atoms with Crippen molar-refractivity contribution in [3.63, 3.8) is 0 Å². The molecule has 4 heteroatoms. The van der Waals surface area contributed by atoms with E-state index in [0.29, 0.717) is 6.54 Å². The maximum Gasteiger partial charge on any atom is 0.133 e. The summed E-state index contributed by atoms with van der Waals surface area (Å²) < 4.78 is 6.13. The molecule has 0 spiro atoms. The Kier molecular flexibility index (Phi) is 4.62. The topological polar surface area (TPSA) is 47.3 Å². The van der Waals surface area contributed by atoms with Gasteiger partial charge in [0.2, 0.25) is 0 Å². The number of rotatable bonds is 5. The van der Waals surface area contributed by atoms with Gasteiger partial charge >= 0.3 is 0 Å². The second-order valence-electron chi connectivity index (χ2n) is 4.40. The van der Waals surface area contributed by atoms with Crippen LogP contribution in [-0.2, 0) is 0 Å². The van der Waals surface area contributed by atoms with E-state index in [0.717, 1.165) is 22.3 Å². The first-order valence-electron chi connectivity index (χ1n) is 5.30. The van der Waals surface area contributed by atoms with Crippen molar-refractivity contribution in [1.82, 2.24) is 0 Å². The Bertz CT molecular complexity index is 353. The number of hydrogen-bond donors (Lipinski definition) is 2. The largest absolute Gasteiger partial charge is 0.496 e. The van der Waals surface area contributed by atoms with E-state index in [1.54, 1.807) is 7.11 Å². The van der Waals surface area contributed by atoms with Crippen molar-refractivity contribution >= 4 is 21.6 Å². The van der Waals surface area contributed by atoms with Crippen molar-refractivity contribution in [3.05, 3.63) is 22.7 Å². The maximum atomic E-state index is 5.57. The average Bonchev–Trinajstić information content (AvgIpc) is 2.17. The van der Waals surface area contributed by atoms with Gasteiger partial charge in [0, 0.05) is 11.2 Å². The van der Waals surface area contributed by atoms with Gasteiger partial charge in [0.05, 0.1) is 11.6 Å². The van der Waals surface area contributed by atoms with Gasteiger partial charge in [-0.1, -0.05) is 0 Å². The Hall–Kier alpha value is -0.740. The van der Waals surface area contributed by atoms with Crippen molar-refractivity contribution in [3.8, 4) is 5.75 Å². The molecular weight excluding hydrogens is 268 g/mol. The van der Waals surface area contributed by atoms with Crippen LogP contribution in [0.4, 0.5) is 5.69 Å². The van der Waals surface area contributed by atoms with Crippen LogP contribution in [0.1, 0.15) is 20.3 Å². The van der Waals surface area contributed by atoms with E-state index in [-0.39, 0.29) is 5.54 Å². The van der Waals surface area contributed by atoms with Gasteiger partial charge in [0.25, 0.3) is 0 Å². The lowest BCUT2D eigenvalue weighted by Gasteiger charge is -2.27. The van der Waals surface area contributed by atoms with E-state index in [2.05, 4.69) is 35.1 Å². The molecule has 0 aromatic heterocycles. The maximum absolute atomic E-state index is 5.57. The summed E-state index contributed by atoms with van der Waals surface area (Å²) in [5, 5.41) is 3.45. The minimum atomic E-state index is 0.00276. The monoisotopic (exact) mass is 286 g/mol. The molecule has 3 nitrogen and oxygen atoms in total. The average molecular weight is 287 g/mol. The fraction of sp³-hybridized carbons (Fsp3) is 0.500. The van der Waals surface area contributed by atoms with E-state index < -0.39 is 0 Å². The molecule has 1 aromatic rings. The summed E-state index contributed by atoms with van der Waals surface area (Å²) in [6.07, 6.45) is 0.927. The zero-order chi connectivity index (χ0) is 12.2. The van der Waals surface area contributed by atoms with Crippen LogP contribution < -0.4 is 15.8 Å². The lowest BCUT2D eigenvalue weighted by Crippen LogP contribution is -2.33. The van der Waals surface area contributed by atoms with Gasteiger partial charge in [-0.15, -0.1) is 0 Å². The molecule has 1 rings (SSSR count). The standard InChI is InChI=1S/C12H19BrN2O/c1-12(2,6-7-14)15-9-4-5-11(16-3)10(13)8-9/h4-5,8,15H,6-7,14H2,1-3H3. The minimum absolute atomic E-state index is 0.00276. The molecule has 0 unspecified atom stereocenters. The van der Waals surface area contributed by atoms with Gasteiger partial charge < -0.3 is 15.8 Å². The molecule has 0 heterocycles. The highest BCUT2D eigenvalue weighted by Crippen LogP contribution is 2.29. The number of nitrogens with two attached hydrogens (primary N) is 1. The summed E-state index contributed by atoms with van der Waals surface area (Å²) in [7, 11) is 1.66. The molecule has 0 bridgehead atoms. The predicted molar refractivity (Wildman–Crippen MR) is 72.1 cm³/mol. The Balaban J connectivity index is 2.78. The number of methoxy groups -OCH3 is 1. The molecule has 1 aromatic carbocycles. The molecule has 90 valence electrons. The number of hydrogen-bond acceptors (Lipinski definition) is 3. The van der Waals surface area contributed by atoms with Crippen LogP contribution in [-0.4, -0.2) is 19.2 Å². The lowest BCUT2D eigenvalue weighted by atomic mass is 10.0. The third kappa shape index (κ3) is 3.68. The molecule has 0 aliphatic rings. The predicted octanol–water partition coefficient (Wildman–Crippen LogP) is 3.00. The first kappa shape index (κ1) is 13.3. The molecule has 3 N–H and O–H groups in total. The van der Waals surface area contributed by atoms with Gasteiger partial charge in [0.15, 0.2) is 0 Å². The summed E-state index contributed by atoms with van der Waals surface area (Å²) in [6.45, 7) is 4.95. The molecule has 0 amide bonds. The van der Waals surface area contributed by atoms with E-state index in [9.17, 15) is 0 Å². The molecule has 0 saturated carbocycles. The van der Waals surface area contributed by atoms with Crippen LogP contribution in [0.25, 0.3) is 0 Å². The molecule has 16 heavy (non-hydrogen) atoms. The zero-order valence-electron chi connectivity index (χ0n) is 10.0. The van der Waals surface area contributed by atoms with Gasteiger partial charge in [-0.05, 0) is 60.9 Å². The third-order valence-corrected chi connectivity index (χ3v) is 3.02. The molecular formula is C12H19BrN2O. The number of benzene rings is 1. The summed E-state index contributed by atoms with van der Waals surface area (Å²) in [5.74, 6) is 0.835. The Labute approximate surface area is 105 Å².